The molecule has 0 saturated carbocycles. The van der Waals surface area contributed by atoms with Crippen LogP contribution in [-0.4, -0.2) is 35.0 Å². The number of hydrogen-bond donors (Lipinski definition) is 0. The molecule has 0 aromatic heterocycles. The number of esters is 2. The molecular weight excluding hydrogens is 156 g/mol. The van der Waals surface area contributed by atoms with Gasteiger partial charge in [-0.15, -0.1) is 0 Å². The summed E-state index contributed by atoms with van der Waals surface area (Å²) in [6, 6.07) is 0. The molecule has 0 amide bonds. The number of rotatable bonds is 2. The zero-order valence-electron chi connectivity index (χ0n) is 8.42. The van der Waals surface area contributed by atoms with Crippen LogP contribution in [0.1, 0.15) is 9.78 Å². The van der Waals surface area contributed by atoms with Crippen LogP contribution in [-0.2, 0) is 14.3 Å². The summed E-state index contributed by atoms with van der Waals surface area (Å²) in [5.74, 6) is -1.47. The quantitative estimate of drug-likeness (QED) is 0.262. The van der Waals surface area contributed by atoms with Crippen LogP contribution in [0.15, 0.2) is 24.8 Å². The van der Waals surface area contributed by atoms with Crippen molar-refractivity contribution in [3.8, 4) is 0 Å². The Balaban J connectivity index is -0.000000135. The van der Waals surface area contributed by atoms with Crippen LogP contribution < -0.4 is 0 Å². The summed E-state index contributed by atoms with van der Waals surface area (Å²) in [6.07, 6.45) is 0.918. The number of carbonyl (C=O) groups is 2. The minimum absolute atomic E-state index is 0. The van der Waals surface area contributed by atoms with Crippen LogP contribution in [0.5, 0.6) is 0 Å². The van der Waals surface area contributed by atoms with Gasteiger partial charge in [0.25, 0.3) is 0 Å². The van der Waals surface area contributed by atoms with Gasteiger partial charge in [-0.25, -0.2) is 9.59 Å². The molecule has 0 spiro atoms. The smallest absolute Gasteiger partial charge is 1.00 e. The van der Waals surface area contributed by atoms with E-state index in [1.807, 2.05) is 0 Å². The predicted molar refractivity (Wildman–Crippen MR) is 44.1 cm³/mol. The van der Waals surface area contributed by atoms with E-state index < -0.39 is 11.9 Å². The molecule has 4 heteroatoms. The van der Waals surface area contributed by atoms with E-state index in [9.17, 15) is 9.59 Å². The van der Waals surface area contributed by atoms with Crippen molar-refractivity contribution < 1.29 is 17.2 Å². The van der Waals surface area contributed by atoms with E-state index in [4.69, 9.17) is 0 Å². The summed E-state index contributed by atoms with van der Waals surface area (Å²) in [6.45, 7) is 7.85. The Labute approximate surface area is 84.2 Å². The Bertz CT molecular complexity index is 204. The third-order valence-corrected chi connectivity index (χ3v) is 0.708. The van der Waals surface area contributed by atoms with Crippen molar-refractivity contribution in [3.63, 3.8) is 0 Å². The Morgan fingerprint density at radius 2 is 2.00 bits per heavy atom. The van der Waals surface area contributed by atoms with E-state index in [0.717, 1.165) is 6.08 Å². The van der Waals surface area contributed by atoms with Gasteiger partial charge in [0.15, 0.2) is 0 Å². The second-order valence-electron chi connectivity index (χ2n) is 1.69. The number of hydrogen-bond acceptors (Lipinski definition) is 3. The largest absolute Gasteiger partial charge is 2.00 e. The second kappa shape index (κ2) is 6.12. The molecule has 0 saturated heterocycles. The molecule has 3 nitrogen and oxygen atoms in total. The van der Waals surface area contributed by atoms with Crippen molar-refractivity contribution in [1.29, 1.82) is 0 Å². The van der Waals surface area contributed by atoms with Gasteiger partial charge in [0.05, 0.1) is 0 Å². The van der Waals surface area contributed by atoms with Gasteiger partial charge < -0.3 is 7.59 Å². The Morgan fingerprint density at radius 1 is 1.55 bits per heavy atom. The van der Waals surface area contributed by atoms with Crippen molar-refractivity contribution in [1.82, 2.24) is 0 Å². The summed E-state index contributed by atoms with van der Waals surface area (Å²) in [7, 11) is 0. The fraction of sp³-hybridized carbons (Fsp3) is 0.143. The SMILES string of the molecule is C=CC(=O)OC(=O)C(=C)C.[H-].[H-].[Mg+2]. The first-order chi connectivity index (χ1) is 4.57. The molecule has 0 bridgehead atoms. The number of ether oxygens (including phenoxy) is 1. The van der Waals surface area contributed by atoms with E-state index in [0.29, 0.717) is 0 Å². The minimum Gasteiger partial charge on any atom is -1.00 e. The molecule has 0 radical (unpaired) electrons. The molecule has 0 unspecified atom stereocenters. The topological polar surface area (TPSA) is 43.4 Å². The third-order valence-electron chi connectivity index (χ3n) is 0.708. The van der Waals surface area contributed by atoms with Crippen LogP contribution in [0.3, 0.4) is 0 Å². The van der Waals surface area contributed by atoms with Gasteiger partial charge >= 0.3 is 35.0 Å². The van der Waals surface area contributed by atoms with E-state index in [2.05, 4.69) is 17.9 Å². The molecule has 0 N–H and O–H groups in total. The fourth-order valence-corrected chi connectivity index (χ4v) is 0.220. The molecule has 0 aromatic carbocycles. The summed E-state index contributed by atoms with van der Waals surface area (Å²) in [5, 5.41) is 0. The van der Waals surface area contributed by atoms with Crippen molar-refractivity contribution in [2.45, 2.75) is 6.92 Å². The molecule has 0 aromatic rings. The van der Waals surface area contributed by atoms with E-state index in [-0.39, 0.29) is 31.5 Å². The van der Waals surface area contributed by atoms with E-state index >= 15 is 0 Å². The standard InChI is InChI=1S/C7H8O3.Mg.2H/c1-4-6(8)10-7(9)5(2)3;;;/h4H,1-2H2,3H3;;;/q;+2;2*-1. The van der Waals surface area contributed by atoms with Crippen molar-refractivity contribution in [3.05, 3.63) is 24.8 Å². The molecular formula is C7H10MgO3. The summed E-state index contributed by atoms with van der Waals surface area (Å²) in [4.78, 5) is 20.8. The van der Waals surface area contributed by atoms with Gasteiger partial charge in [0.2, 0.25) is 0 Å². The van der Waals surface area contributed by atoms with Gasteiger partial charge in [-0.3, -0.25) is 0 Å². The van der Waals surface area contributed by atoms with Crippen LogP contribution in [0.25, 0.3) is 0 Å². The van der Waals surface area contributed by atoms with Crippen molar-refractivity contribution in [2.24, 2.45) is 0 Å². The zero-order chi connectivity index (χ0) is 8.15. The van der Waals surface area contributed by atoms with E-state index in [1.54, 1.807) is 0 Å². The summed E-state index contributed by atoms with van der Waals surface area (Å²) < 4.78 is 4.17. The molecule has 0 heterocycles. The van der Waals surface area contributed by atoms with Gasteiger partial charge in [-0.1, -0.05) is 13.2 Å². The van der Waals surface area contributed by atoms with E-state index in [1.165, 1.54) is 6.92 Å². The zero-order valence-corrected chi connectivity index (χ0v) is 7.84. The maximum absolute atomic E-state index is 10.5. The van der Waals surface area contributed by atoms with Gasteiger partial charge in [-0.2, -0.15) is 0 Å². The number of carbonyl (C=O) groups excluding carboxylic acids is 2. The Hall–Kier alpha value is -0.614. The van der Waals surface area contributed by atoms with Gasteiger partial charge in [0, 0.05) is 11.6 Å². The van der Waals surface area contributed by atoms with Crippen molar-refractivity contribution in [2.75, 3.05) is 0 Å². The molecule has 0 atom stereocenters. The first-order valence-electron chi connectivity index (χ1n) is 2.62. The molecule has 0 aliphatic carbocycles. The molecule has 0 aliphatic heterocycles. The Kier molecular flexibility index (Phi) is 7.24. The first kappa shape index (κ1) is 13.0. The predicted octanol–water partition coefficient (Wildman–Crippen LogP) is 0.662. The maximum Gasteiger partial charge on any atom is 2.00 e. The van der Waals surface area contributed by atoms with Gasteiger partial charge in [-0.05, 0) is 6.92 Å². The average molecular weight is 166 g/mol. The molecule has 58 valence electrons. The van der Waals surface area contributed by atoms with Crippen LogP contribution in [0.4, 0.5) is 0 Å². The van der Waals surface area contributed by atoms with Crippen LogP contribution >= 0.6 is 0 Å². The van der Waals surface area contributed by atoms with Crippen LogP contribution in [0.2, 0.25) is 0 Å². The molecule has 0 aliphatic rings. The summed E-state index contributed by atoms with van der Waals surface area (Å²) in [5.41, 5.74) is 0.190. The maximum atomic E-state index is 10.5. The molecule has 0 fully saturated rings. The van der Waals surface area contributed by atoms with Crippen LogP contribution in [0, 0.1) is 0 Å². The second-order valence-corrected chi connectivity index (χ2v) is 1.69. The monoisotopic (exact) mass is 166 g/mol. The van der Waals surface area contributed by atoms with Gasteiger partial charge in [0.1, 0.15) is 0 Å². The summed E-state index contributed by atoms with van der Waals surface area (Å²) >= 11 is 0. The molecule has 11 heavy (non-hydrogen) atoms. The normalized spacial score (nSPS) is 7.36. The fourth-order valence-electron chi connectivity index (χ4n) is 0.220. The minimum atomic E-state index is -0.756. The first-order valence-corrected chi connectivity index (χ1v) is 2.62. The molecule has 0 rings (SSSR count). The average Bonchev–Trinajstić information content (AvgIpc) is 1.87. The van der Waals surface area contributed by atoms with Crippen molar-refractivity contribution >= 4 is 35.0 Å². The third kappa shape index (κ3) is 5.81. The Morgan fingerprint density at radius 3 is 2.27 bits per heavy atom.